The van der Waals surface area contributed by atoms with Crippen molar-refractivity contribution in [3.8, 4) is 11.8 Å². The normalized spacial score (nSPS) is 10.2. The Morgan fingerprint density at radius 2 is 1.96 bits per heavy atom. The van der Waals surface area contributed by atoms with Gasteiger partial charge in [0.1, 0.15) is 17.9 Å². The third-order valence-corrected chi connectivity index (χ3v) is 3.53. The molecule has 6 heteroatoms. The van der Waals surface area contributed by atoms with Crippen molar-refractivity contribution in [2.45, 2.75) is 13.5 Å². The summed E-state index contributed by atoms with van der Waals surface area (Å²) in [5, 5.41) is 12.2. The summed E-state index contributed by atoms with van der Waals surface area (Å²) in [7, 11) is 0. The average molecular weight is 334 g/mol. The number of ether oxygens (including phenoxy) is 1. The van der Waals surface area contributed by atoms with Gasteiger partial charge in [-0.05, 0) is 36.4 Å². The molecule has 0 bridgehead atoms. The summed E-state index contributed by atoms with van der Waals surface area (Å²) < 4.78 is 10.9. The fourth-order valence-corrected chi connectivity index (χ4v) is 2.42. The van der Waals surface area contributed by atoms with E-state index in [1.807, 2.05) is 6.07 Å². The van der Waals surface area contributed by atoms with Gasteiger partial charge < -0.3 is 14.5 Å². The lowest BCUT2D eigenvalue weighted by Crippen LogP contribution is -2.07. The maximum atomic E-state index is 11.8. The topological polar surface area (TPSA) is 92.3 Å². The molecule has 25 heavy (non-hydrogen) atoms. The molecule has 1 amide bonds. The zero-order valence-corrected chi connectivity index (χ0v) is 13.4. The third kappa shape index (κ3) is 3.85. The Kier molecular flexibility index (Phi) is 4.48. The second-order valence-corrected chi connectivity index (χ2v) is 5.41. The molecule has 0 aliphatic heterocycles. The van der Waals surface area contributed by atoms with Crippen LogP contribution >= 0.6 is 0 Å². The molecule has 0 spiro atoms. The number of carbonyl (C=O) groups excluding carboxylic acids is 1. The van der Waals surface area contributed by atoms with E-state index in [-0.39, 0.29) is 12.5 Å². The predicted molar refractivity (Wildman–Crippen MR) is 92.3 cm³/mol. The van der Waals surface area contributed by atoms with Crippen molar-refractivity contribution in [3.63, 3.8) is 0 Å². The van der Waals surface area contributed by atoms with E-state index >= 15 is 0 Å². The van der Waals surface area contributed by atoms with Crippen LogP contribution in [0, 0.1) is 11.3 Å². The van der Waals surface area contributed by atoms with E-state index in [1.165, 1.54) is 13.0 Å². The number of fused-ring (bicyclic) bond motifs is 1. The fraction of sp³-hybridized carbons (Fsp3) is 0.105. The first-order chi connectivity index (χ1) is 12.0. The molecule has 0 unspecified atom stereocenters. The molecule has 0 saturated heterocycles. The van der Waals surface area contributed by atoms with Crippen LogP contribution in [-0.2, 0) is 11.4 Å². The van der Waals surface area contributed by atoms with Crippen LogP contribution in [0.3, 0.4) is 0 Å². The molecule has 0 radical (unpaired) electrons. The predicted octanol–water partition coefficient (Wildman–Crippen LogP) is 3.20. The highest BCUT2D eigenvalue weighted by Gasteiger charge is 2.08. The van der Waals surface area contributed by atoms with Gasteiger partial charge in [-0.1, -0.05) is 0 Å². The molecule has 6 nitrogen and oxygen atoms in total. The van der Waals surface area contributed by atoms with Crippen molar-refractivity contribution in [1.82, 2.24) is 0 Å². The summed E-state index contributed by atoms with van der Waals surface area (Å²) in [5.41, 5.74) is 1.64. The maximum Gasteiger partial charge on any atom is 0.336 e. The number of nitrogens with zero attached hydrogens (tertiary/aromatic N) is 1. The van der Waals surface area contributed by atoms with E-state index in [9.17, 15) is 9.59 Å². The van der Waals surface area contributed by atoms with Crippen molar-refractivity contribution in [1.29, 1.82) is 5.26 Å². The zero-order valence-electron chi connectivity index (χ0n) is 13.4. The largest absolute Gasteiger partial charge is 0.489 e. The van der Waals surface area contributed by atoms with Gasteiger partial charge in [-0.25, -0.2) is 4.79 Å². The monoisotopic (exact) mass is 334 g/mol. The Morgan fingerprint density at radius 3 is 2.64 bits per heavy atom. The van der Waals surface area contributed by atoms with Crippen molar-refractivity contribution >= 4 is 22.6 Å². The van der Waals surface area contributed by atoms with Crippen molar-refractivity contribution in [3.05, 3.63) is 70.1 Å². The summed E-state index contributed by atoms with van der Waals surface area (Å²) in [5.74, 6) is 0.386. The van der Waals surface area contributed by atoms with E-state index < -0.39 is 5.63 Å². The standard InChI is InChI=1S/C19H14N2O4/c1-12(22)21-15-4-7-17-14(8-19(23)25-18(17)9-15)11-24-16-5-2-13(10-20)3-6-16/h2-9H,11H2,1H3,(H,21,22). The first kappa shape index (κ1) is 16.3. The minimum Gasteiger partial charge on any atom is -0.489 e. The van der Waals surface area contributed by atoms with E-state index in [0.29, 0.717) is 28.1 Å². The molecular weight excluding hydrogens is 320 g/mol. The lowest BCUT2D eigenvalue weighted by atomic mass is 10.1. The van der Waals surface area contributed by atoms with Crippen LogP contribution in [0.15, 0.2) is 57.7 Å². The van der Waals surface area contributed by atoms with Gasteiger partial charge in [0.2, 0.25) is 5.91 Å². The number of rotatable bonds is 4. The van der Waals surface area contributed by atoms with E-state index in [4.69, 9.17) is 14.4 Å². The van der Waals surface area contributed by atoms with Gasteiger partial charge >= 0.3 is 5.63 Å². The molecule has 2 aromatic carbocycles. The fourth-order valence-electron chi connectivity index (χ4n) is 2.42. The highest BCUT2D eigenvalue weighted by Crippen LogP contribution is 2.23. The quantitative estimate of drug-likeness (QED) is 0.740. The second kappa shape index (κ2) is 6.89. The van der Waals surface area contributed by atoms with Crippen molar-refractivity contribution in [2.75, 3.05) is 5.32 Å². The minimum absolute atomic E-state index is 0.174. The molecule has 3 rings (SSSR count). The Morgan fingerprint density at radius 1 is 1.20 bits per heavy atom. The SMILES string of the molecule is CC(=O)Nc1ccc2c(COc3ccc(C#N)cc3)cc(=O)oc2c1. The molecule has 0 fully saturated rings. The zero-order chi connectivity index (χ0) is 17.8. The Labute approximate surface area is 143 Å². The molecule has 1 N–H and O–H groups in total. The Bertz CT molecular complexity index is 1030. The summed E-state index contributed by atoms with van der Waals surface area (Å²) in [4.78, 5) is 22.9. The molecule has 0 aliphatic rings. The van der Waals surface area contributed by atoms with Gasteiger partial charge in [-0.2, -0.15) is 5.26 Å². The number of carbonyl (C=O) groups is 1. The molecular formula is C19H14N2O4. The van der Waals surface area contributed by atoms with Gasteiger partial charge in [-0.15, -0.1) is 0 Å². The van der Waals surface area contributed by atoms with Gasteiger partial charge in [0.05, 0.1) is 11.6 Å². The first-order valence-electron chi connectivity index (χ1n) is 7.52. The summed E-state index contributed by atoms with van der Waals surface area (Å²) in [6, 6.07) is 15.2. The Hall–Kier alpha value is -3.59. The van der Waals surface area contributed by atoms with Gasteiger partial charge in [0, 0.05) is 35.7 Å². The maximum absolute atomic E-state index is 11.8. The van der Waals surface area contributed by atoms with Crippen molar-refractivity contribution in [2.24, 2.45) is 0 Å². The van der Waals surface area contributed by atoms with Crippen LogP contribution in [0.5, 0.6) is 5.75 Å². The van der Waals surface area contributed by atoms with Crippen LogP contribution < -0.4 is 15.7 Å². The van der Waals surface area contributed by atoms with Crippen molar-refractivity contribution < 1.29 is 13.9 Å². The molecule has 124 valence electrons. The van der Waals surface area contributed by atoms with Gasteiger partial charge in [0.15, 0.2) is 0 Å². The number of anilines is 1. The van der Waals surface area contributed by atoms with Crippen LogP contribution in [0.25, 0.3) is 11.0 Å². The van der Waals surface area contributed by atoms with Crippen LogP contribution in [0.4, 0.5) is 5.69 Å². The third-order valence-electron chi connectivity index (χ3n) is 3.53. The molecule has 0 saturated carbocycles. The van der Waals surface area contributed by atoms with Crippen LogP contribution in [0.1, 0.15) is 18.1 Å². The number of hydrogen-bond acceptors (Lipinski definition) is 5. The first-order valence-corrected chi connectivity index (χ1v) is 7.52. The van der Waals surface area contributed by atoms with E-state index in [0.717, 1.165) is 5.39 Å². The van der Waals surface area contributed by atoms with E-state index in [2.05, 4.69) is 5.32 Å². The molecule has 0 aliphatic carbocycles. The highest BCUT2D eigenvalue weighted by atomic mass is 16.5. The molecule has 1 heterocycles. The minimum atomic E-state index is -0.495. The number of hydrogen-bond donors (Lipinski definition) is 1. The molecule has 1 aromatic heterocycles. The number of nitriles is 1. The smallest absolute Gasteiger partial charge is 0.336 e. The summed E-state index contributed by atoms with van der Waals surface area (Å²) >= 11 is 0. The lowest BCUT2D eigenvalue weighted by Gasteiger charge is -2.09. The summed E-state index contributed by atoms with van der Waals surface area (Å²) in [6.07, 6.45) is 0. The number of nitrogens with one attached hydrogen (secondary N) is 1. The number of benzene rings is 2. The summed E-state index contributed by atoms with van der Waals surface area (Å²) in [6.45, 7) is 1.58. The van der Waals surface area contributed by atoms with Gasteiger partial charge in [-0.3, -0.25) is 4.79 Å². The van der Waals surface area contributed by atoms with Crippen LogP contribution in [0.2, 0.25) is 0 Å². The Balaban J connectivity index is 1.88. The molecule has 0 atom stereocenters. The second-order valence-electron chi connectivity index (χ2n) is 5.41. The van der Waals surface area contributed by atoms with E-state index in [1.54, 1.807) is 42.5 Å². The number of amides is 1. The average Bonchev–Trinajstić information content (AvgIpc) is 2.59. The highest BCUT2D eigenvalue weighted by molar-refractivity contribution is 5.92. The molecule has 3 aromatic rings. The lowest BCUT2D eigenvalue weighted by molar-refractivity contribution is -0.114. The van der Waals surface area contributed by atoms with Crippen LogP contribution in [-0.4, -0.2) is 5.91 Å². The van der Waals surface area contributed by atoms with Gasteiger partial charge in [0.25, 0.3) is 0 Å².